The summed E-state index contributed by atoms with van der Waals surface area (Å²) in [6, 6.07) is 23.2. The molecular weight excluding hydrogens is 466 g/mol. The SMILES string of the molecule is CCc1ccc(-c2ccc(C(=O)N(C3CC3)C(O)c3ccccc3OCCCCCC(=O)O)cc2)cc1. The first-order valence-corrected chi connectivity index (χ1v) is 13.1. The third-order valence-corrected chi connectivity index (χ3v) is 6.76. The molecule has 1 saturated carbocycles. The van der Waals surface area contributed by atoms with E-state index in [0.717, 1.165) is 43.2 Å². The van der Waals surface area contributed by atoms with E-state index in [-0.39, 0.29) is 18.4 Å². The summed E-state index contributed by atoms with van der Waals surface area (Å²) in [6.07, 6.45) is 3.82. The third-order valence-electron chi connectivity index (χ3n) is 6.76. The zero-order valence-corrected chi connectivity index (χ0v) is 21.3. The molecule has 194 valence electrons. The van der Waals surface area contributed by atoms with E-state index in [0.29, 0.717) is 29.9 Å². The Bertz CT molecular complexity index is 1180. The predicted octanol–water partition coefficient (Wildman–Crippen LogP) is 6.24. The number of carbonyl (C=O) groups excluding carboxylic acids is 1. The Hall–Kier alpha value is -3.64. The van der Waals surface area contributed by atoms with Gasteiger partial charge >= 0.3 is 5.97 Å². The summed E-state index contributed by atoms with van der Waals surface area (Å²) in [5.74, 6) is -0.455. The van der Waals surface area contributed by atoms with Crippen molar-refractivity contribution in [2.24, 2.45) is 0 Å². The summed E-state index contributed by atoms with van der Waals surface area (Å²) in [5.41, 5.74) is 4.52. The van der Waals surface area contributed by atoms with Crippen molar-refractivity contribution in [3.63, 3.8) is 0 Å². The van der Waals surface area contributed by atoms with Crippen molar-refractivity contribution >= 4 is 11.9 Å². The van der Waals surface area contributed by atoms with Gasteiger partial charge in [0.2, 0.25) is 0 Å². The Balaban J connectivity index is 1.45. The molecular formula is C31H35NO5. The van der Waals surface area contributed by atoms with Gasteiger partial charge in [0.15, 0.2) is 6.23 Å². The molecule has 6 heteroatoms. The van der Waals surface area contributed by atoms with E-state index in [4.69, 9.17) is 9.84 Å². The number of carboxylic acids is 1. The maximum Gasteiger partial charge on any atom is 0.303 e. The molecule has 37 heavy (non-hydrogen) atoms. The van der Waals surface area contributed by atoms with Gasteiger partial charge in [0, 0.05) is 23.6 Å². The van der Waals surface area contributed by atoms with E-state index >= 15 is 0 Å². The van der Waals surface area contributed by atoms with Gasteiger partial charge in [-0.15, -0.1) is 0 Å². The number of aliphatic carboxylic acids is 1. The van der Waals surface area contributed by atoms with Crippen LogP contribution in [-0.2, 0) is 11.2 Å². The number of ether oxygens (including phenoxy) is 1. The van der Waals surface area contributed by atoms with Gasteiger partial charge in [-0.1, -0.05) is 61.5 Å². The summed E-state index contributed by atoms with van der Waals surface area (Å²) < 4.78 is 5.94. The standard InChI is InChI=1S/C31H35NO5/c1-2-22-11-13-23(14-12-22)24-15-17-25(18-16-24)30(35)32(26-19-20-26)31(36)27-8-5-6-9-28(27)37-21-7-3-4-10-29(33)34/h5-6,8-9,11-18,26,31,36H,2-4,7,10,19-21H2,1H3,(H,33,34). The quantitative estimate of drug-likeness (QED) is 0.214. The van der Waals surface area contributed by atoms with E-state index in [1.54, 1.807) is 17.0 Å². The molecule has 0 heterocycles. The number of carboxylic acid groups (broad SMARTS) is 1. The lowest BCUT2D eigenvalue weighted by Gasteiger charge is -2.29. The first-order valence-electron chi connectivity index (χ1n) is 13.1. The minimum Gasteiger partial charge on any atom is -0.493 e. The largest absolute Gasteiger partial charge is 0.493 e. The van der Waals surface area contributed by atoms with Crippen LogP contribution in [0.3, 0.4) is 0 Å². The molecule has 0 bridgehead atoms. The van der Waals surface area contributed by atoms with E-state index < -0.39 is 12.2 Å². The highest BCUT2D eigenvalue weighted by Crippen LogP contribution is 2.37. The number of rotatable bonds is 13. The van der Waals surface area contributed by atoms with E-state index in [9.17, 15) is 14.7 Å². The van der Waals surface area contributed by atoms with Crippen LogP contribution in [0.25, 0.3) is 11.1 Å². The van der Waals surface area contributed by atoms with Crippen LogP contribution in [0.15, 0.2) is 72.8 Å². The zero-order valence-electron chi connectivity index (χ0n) is 21.3. The molecule has 0 aliphatic heterocycles. The molecule has 0 aromatic heterocycles. The number of aliphatic hydroxyl groups excluding tert-OH is 1. The van der Waals surface area contributed by atoms with Crippen LogP contribution in [0.4, 0.5) is 0 Å². The number of benzene rings is 3. The molecule has 1 atom stereocenters. The van der Waals surface area contributed by atoms with Crippen LogP contribution in [0, 0.1) is 0 Å². The monoisotopic (exact) mass is 501 g/mol. The second-order valence-corrected chi connectivity index (χ2v) is 9.54. The van der Waals surface area contributed by atoms with Crippen molar-refractivity contribution in [3.8, 4) is 16.9 Å². The summed E-state index contributed by atoms with van der Waals surface area (Å²) in [4.78, 5) is 25.8. The minimum atomic E-state index is -1.12. The average molecular weight is 502 g/mol. The lowest BCUT2D eigenvalue weighted by atomic mass is 10.0. The lowest BCUT2D eigenvalue weighted by molar-refractivity contribution is -0.137. The fraction of sp³-hybridized carbons (Fsp3) is 0.355. The molecule has 1 unspecified atom stereocenters. The Labute approximate surface area is 218 Å². The summed E-state index contributed by atoms with van der Waals surface area (Å²) in [6.45, 7) is 2.55. The van der Waals surface area contributed by atoms with Crippen molar-refractivity contribution in [3.05, 3.63) is 89.5 Å². The second-order valence-electron chi connectivity index (χ2n) is 9.54. The number of amides is 1. The zero-order chi connectivity index (χ0) is 26.2. The second kappa shape index (κ2) is 12.5. The first kappa shape index (κ1) is 26.4. The molecule has 1 aliphatic carbocycles. The maximum absolute atomic E-state index is 13.5. The molecule has 6 nitrogen and oxygen atoms in total. The number of aryl methyl sites for hydroxylation is 1. The molecule has 0 saturated heterocycles. The van der Waals surface area contributed by atoms with Gasteiger partial charge in [-0.05, 0) is 73.4 Å². The predicted molar refractivity (Wildman–Crippen MR) is 143 cm³/mol. The smallest absolute Gasteiger partial charge is 0.303 e. The van der Waals surface area contributed by atoms with E-state index in [1.807, 2.05) is 36.4 Å². The average Bonchev–Trinajstić information content (AvgIpc) is 3.76. The number of para-hydroxylation sites is 1. The highest BCUT2D eigenvalue weighted by Gasteiger charge is 2.38. The fourth-order valence-electron chi connectivity index (χ4n) is 4.43. The lowest BCUT2D eigenvalue weighted by Crippen LogP contribution is -2.37. The topological polar surface area (TPSA) is 87.1 Å². The Kier molecular flexibility index (Phi) is 8.96. The number of carbonyl (C=O) groups is 2. The molecule has 1 amide bonds. The van der Waals surface area contributed by atoms with Gasteiger partial charge in [0.25, 0.3) is 5.91 Å². The molecule has 4 rings (SSSR count). The van der Waals surface area contributed by atoms with Crippen molar-refractivity contribution in [2.45, 2.75) is 64.1 Å². The van der Waals surface area contributed by atoms with Crippen LogP contribution in [0.5, 0.6) is 5.75 Å². The maximum atomic E-state index is 13.5. The van der Waals surface area contributed by atoms with Gasteiger partial charge in [-0.2, -0.15) is 0 Å². The Morgan fingerprint density at radius 2 is 1.57 bits per heavy atom. The Morgan fingerprint density at radius 3 is 2.19 bits per heavy atom. The summed E-state index contributed by atoms with van der Waals surface area (Å²) in [7, 11) is 0. The van der Waals surface area contributed by atoms with Crippen LogP contribution in [0.2, 0.25) is 0 Å². The van der Waals surface area contributed by atoms with Crippen molar-refractivity contribution in [1.82, 2.24) is 4.90 Å². The molecule has 1 aliphatic rings. The van der Waals surface area contributed by atoms with Crippen molar-refractivity contribution in [2.75, 3.05) is 6.61 Å². The number of aliphatic hydroxyl groups is 1. The van der Waals surface area contributed by atoms with E-state index in [2.05, 4.69) is 31.2 Å². The molecule has 3 aromatic rings. The van der Waals surface area contributed by atoms with E-state index in [1.165, 1.54) is 5.56 Å². The van der Waals surface area contributed by atoms with Gasteiger partial charge < -0.3 is 19.8 Å². The van der Waals surface area contributed by atoms with Crippen LogP contribution in [-0.4, -0.2) is 39.6 Å². The summed E-state index contributed by atoms with van der Waals surface area (Å²) in [5, 5.41) is 20.1. The van der Waals surface area contributed by atoms with Crippen molar-refractivity contribution in [1.29, 1.82) is 0 Å². The van der Waals surface area contributed by atoms with Crippen molar-refractivity contribution < 1.29 is 24.5 Å². The van der Waals surface area contributed by atoms with Crippen LogP contribution < -0.4 is 4.74 Å². The molecule has 0 radical (unpaired) electrons. The number of hydrogen-bond acceptors (Lipinski definition) is 4. The highest BCUT2D eigenvalue weighted by molar-refractivity contribution is 5.95. The van der Waals surface area contributed by atoms with Gasteiger partial charge in [0.05, 0.1) is 6.61 Å². The summed E-state index contributed by atoms with van der Waals surface area (Å²) >= 11 is 0. The molecule has 2 N–H and O–H groups in total. The third kappa shape index (κ3) is 6.98. The molecule has 0 spiro atoms. The number of unbranched alkanes of at least 4 members (excludes halogenated alkanes) is 2. The highest BCUT2D eigenvalue weighted by atomic mass is 16.5. The first-order chi connectivity index (χ1) is 18.0. The normalized spacial score (nSPS) is 13.7. The Morgan fingerprint density at radius 1 is 0.919 bits per heavy atom. The van der Waals surface area contributed by atoms with Gasteiger partial charge in [-0.3, -0.25) is 9.59 Å². The number of hydrogen-bond donors (Lipinski definition) is 2. The van der Waals surface area contributed by atoms with Crippen LogP contribution in [0.1, 0.15) is 73.2 Å². The minimum absolute atomic E-state index is 0.00663. The fourth-order valence-corrected chi connectivity index (χ4v) is 4.43. The number of nitrogens with zero attached hydrogens (tertiary/aromatic N) is 1. The van der Waals surface area contributed by atoms with Crippen LogP contribution >= 0.6 is 0 Å². The molecule has 1 fully saturated rings. The molecule has 3 aromatic carbocycles. The van der Waals surface area contributed by atoms with Gasteiger partial charge in [-0.25, -0.2) is 0 Å². The van der Waals surface area contributed by atoms with Gasteiger partial charge in [0.1, 0.15) is 5.75 Å².